The fraction of sp³-hybridized carbons (Fsp3) is 0.889. The van der Waals surface area contributed by atoms with E-state index in [9.17, 15) is 4.79 Å². The summed E-state index contributed by atoms with van der Waals surface area (Å²) in [5, 5.41) is 0. The molecule has 1 fully saturated rings. The minimum absolute atomic E-state index is 0.196. The first-order valence-electron chi connectivity index (χ1n) is 4.23. The number of carbonyl (C=O) groups excluding carboxylic acids is 1. The monoisotopic (exact) mass is 172 g/mol. The first kappa shape index (κ1) is 9.52. The first-order chi connectivity index (χ1) is 5.47. The number of hydrogen-bond donors (Lipinski definition) is 0. The van der Waals surface area contributed by atoms with Crippen LogP contribution in [-0.4, -0.2) is 24.8 Å². The molecular formula is C9H16O3. The maximum Gasteiger partial charge on any atom is 0.335 e. The Hall–Kier alpha value is -0.570. The molecule has 0 saturated carbocycles. The van der Waals surface area contributed by atoms with Crippen molar-refractivity contribution >= 4 is 5.97 Å². The van der Waals surface area contributed by atoms with Gasteiger partial charge in [-0.1, -0.05) is 6.92 Å². The summed E-state index contributed by atoms with van der Waals surface area (Å²) in [6.07, 6.45) is 0.402. The molecule has 1 unspecified atom stereocenters. The minimum atomic E-state index is -0.361. The standard InChI is InChI=1S/C9H16O3/c1-6-5-7(8(10)11-4)12-9(6,2)3/h6-7H,5H2,1-4H3/t6-,7?/m0/s1. The van der Waals surface area contributed by atoms with Gasteiger partial charge in [-0.15, -0.1) is 0 Å². The summed E-state index contributed by atoms with van der Waals surface area (Å²) in [6, 6.07) is 0. The summed E-state index contributed by atoms with van der Waals surface area (Å²) in [6.45, 7) is 6.09. The molecule has 3 heteroatoms. The van der Waals surface area contributed by atoms with Crippen molar-refractivity contribution < 1.29 is 14.3 Å². The van der Waals surface area contributed by atoms with Gasteiger partial charge in [-0.3, -0.25) is 0 Å². The number of methoxy groups -OCH3 is 1. The van der Waals surface area contributed by atoms with Gasteiger partial charge < -0.3 is 9.47 Å². The Morgan fingerprint density at radius 2 is 2.17 bits per heavy atom. The van der Waals surface area contributed by atoms with Crippen molar-refractivity contribution in [3.8, 4) is 0 Å². The lowest BCUT2D eigenvalue weighted by atomic mass is 9.92. The van der Waals surface area contributed by atoms with Crippen LogP contribution in [0.15, 0.2) is 0 Å². The van der Waals surface area contributed by atoms with E-state index in [0.29, 0.717) is 5.92 Å². The minimum Gasteiger partial charge on any atom is -0.467 e. The molecule has 0 radical (unpaired) electrons. The Balaban J connectivity index is 2.60. The summed E-state index contributed by atoms with van der Waals surface area (Å²) >= 11 is 0. The zero-order valence-corrected chi connectivity index (χ0v) is 8.09. The Morgan fingerprint density at radius 1 is 1.58 bits per heavy atom. The van der Waals surface area contributed by atoms with Crippen LogP contribution in [0.3, 0.4) is 0 Å². The molecular weight excluding hydrogens is 156 g/mol. The molecule has 70 valence electrons. The second kappa shape index (κ2) is 3.05. The molecule has 0 bridgehead atoms. The molecule has 0 aromatic rings. The average Bonchev–Trinajstić information content (AvgIpc) is 2.25. The van der Waals surface area contributed by atoms with Crippen molar-refractivity contribution in [1.29, 1.82) is 0 Å². The van der Waals surface area contributed by atoms with E-state index >= 15 is 0 Å². The summed E-state index contributed by atoms with van der Waals surface area (Å²) in [7, 11) is 1.39. The van der Waals surface area contributed by atoms with Crippen LogP contribution in [0.4, 0.5) is 0 Å². The highest BCUT2D eigenvalue weighted by Gasteiger charge is 2.42. The van der Waals surface area contributed by atoms with Crippen molar-refractivity contribution in [3.63, 3.8) is 0 Å². The van der Waals surface area contributed by atoms with Crippen LogP contribution in [0.2, 0.25) is 0 Å². The molecule has 1 rings (SSSR count). The molecule has 0 spiro atoms. The third kappa shape index (κ3) is 1.61. The molecule has 12 heavy (non-hydrogen) atoms. The van der Waals surface area contributed by atoms with Gasteiger partial charge in [-0.2, -0.15) is 0 Å². The summed E-state index contributed by atoms with van der Waals surface area (Å²) in [4.78, 5) is 11.1. The van der Waals surface area contributed by atoms with Crippen LogP contribution in [-0.2, 0) is 14.3 Å². The van der Waals surface area contributed by atoms with Crippen LogP contribution in [0.1, 0.15) is 27.2 Å². The van der Waals surface area contributed by atoms with Crippen molar-refractivity contribution in [2.24, 2.45) is 5.92 Å². The van der Waals surface area contributed by atoms with Crippen LogP contribution < -0.4 is 0 Å². The Labute approximate surface area is 73.0 Å². The topological polar surface area (TPSA) is 35.5 Å². The molecule has 0 amide bonds. The zero-order valence-electron chi connectivity index (χ0n) is 8.09. The van der Waals surface area contributed by atoms with Gasteiger partial charge in [0.2, 0.25) is 0 Å². The summed E-state index contributed by atoms with van der Waals surface area (Å²) in [5.74, 6) is 0.147. The van der Waals surface area contributed by atoms with Gasteiger partial charge in [0.25, 0.3) is 0 Å². The van der Waals surface area contributed by atoms with Gasteiger partial charge >= 0.3 is 5.97 Å². The molecule has 1 saturated heterocycles. The van der Waals surface area contributed by atoms with Gasteiger partial charge in [0.05, 0.1) is 12.7 Å². The number of esters is 1. The number of hydrogen-bond acceptors (Lipinski definition) is 3. The fourth-order valence-corrected chi connectivity index (χ4v) is 1.41. The smallest absolute Gasteiger partial charge is 0.335 e. The predicted molar refractivity (Wildman–Crippen MR) is 44.7 cm³/mol. The van der Waals surface area contributed by atoms with Gasteiger partial charge in [0, 0.05) is 0 Å². The second-order valence-corrected chi connectivity index (χ2v) is 3.87. The van der Waals surface area contributed by atoms with E-state index < -0.39 is 0 Å². The van der Waals surface area contributed by atoms with E-state index in [4.69, 9.17) is 4.74 Å². The van der Waals surface area contributed by atoms with Crippen molar-refractivity contribution in [1.82, 2.24) is 0 Å². The molecule has 0 N–H and O–H groups in total. The normalized spacial score (nSPS) is 33.3. The molecule has 0 aromatic heterocycles. The zero-order chi connectivity index (χ0) is 9.35. The predicted octanol–water partition coefficient (Wildman–Crippen LogP) is 1.36. The maximum atomic E-state index is 11.1. The Bertz CT molecular complexity index is 186. The highest BCUT2D eigenvalue weighted by Crippen LogP contribution is 2.35. The number of carbonyl (C=O) groups is 1. The van der Waals surface area contributed by atoms with Crippen molar-refractivity contribution in [3.05, 3.63) is 0 Å². The lowest BCUT2D eigenvalue weighted by Gasteiger charge is -2.22. The van der Waals surface area contributed by atoms with E-state index in [1.54, 1.807) is 0 Å². The van der Waals surface area contributed by atoms with E-state index in [1.807, 2.05) is 13.8 Å². The van der Waals surface area contributed by atoms with Gasteiger partial charge in [-0.25, -0.2) is 4.79 Å². The van der Waals surface area contributed by atoms with Crippen molar-refractivity contribution in [2.45, 2.75) is 38.9 Å². The molecule has 1 aliphatic heterocycles. The van der Waals surface area contributed by atoms with E-state index in [2.05, 4.69) is 11.7 Å². The van der Waals surface area contributed by atoms with Gasteiger partial charge in [0.1, 0.15) is 0 Å². The van der Waals surface area contributed by atoms with Gasteiger partial charge in [0.15, 0.2) is 6.10 Å². The van der Waals surface area contributed by atoms with E-state index in [1.165, 1.54) is 7.11 Å². The SMILES string of the molecule is COC(=O)C1C[C@H](C)C(C)(C)O1. The van der Waals surface area contributed by atoms with Gasteiger partial charge in [-0.05, 0) is 26.2 Å². The number of rotatable bonds is 1. The maximum absolute atomic E-state index is 11.1. The molecule has 1 aliphatic rings. The first-order valence-corrected chi connectivity index (χ1v) is 4.23. The molecule has 1 heterocycles. The second-order valence-electron chi connectivity index (χ2n) is 3.87. The van der Waals surface area contributed by atoms with E-state index in [0.717, 1.165) is 6.42 Å². The lowest BCUT2D eigenvalue weighted by molar-refractivity contribution is -0.156. The quantitative estimate of drug-likeness (QED) is 0.560. The highest BCUT2D eigenvalue weighted by molar-refractivity contribution is 5.74. The Kier molecular flexibility index (Phi) is 2.42. The average molecular weight is 172 g/mol. The van der Waals surface area contributed by atoms with Crippen LogP contribution in [0, 0.1) is 5.92 Å². The molecule has 0 aromatic carbocycles. The third-order valence-electron chi connectivity index (χ3n) is 2.66. The fourth-order valence-electron chi connectivity index (χ4n) is 1.41. The number of ether oxygens (including phenoxy) is 2. The molecule has 3 nitrogen and oxygen atoms in total. The molecule has 2 atom stereocenters. The van der Waals surface area contributed by atoms with Crippen LogP contribution >= 0.6 is 0 Å². The van der Waals surface area contributed by atoms with E-state index in [-0.39, 0.29) is 17.7 Å². The lowest BCUT2D eigenvalue weighted by Crippen LogP contribution is -2.28. The summed E-state index contributed by atoms with van der Waals surface area (Å²) < 4.78 is 10.2. The van der Waals surface area contributed by atoms with Crippen LogP contribution in [0.25, 0.3) is 0 Å². The Morgan fingerprint density at radius 3 is 2.50 bits per heavy atom. The largest absolute Gasteiger partial charge is 0.467 e. The molecule has 0 aliphatic carbocycles. The van der Waals surface area contributed by atoms with Crippen molar-refractivity contribution in [2.75, 3.05) is 7.11 Å². The third-order valence-corrected chi connectivity index (χ3v) is 2.66. The highest BCUT2D eigenvalue weighted by atomic mass is 16.6. The van der Waals surface area contributed by atoms with Crippen LogP contribution in [0.5, 0.6) is 0 Å². The summed E-state index contributed by atoms with van der Waals surface area (Å²) in [5.41, 5.74) is -0.196.